The molecule has 140 valence electrons. The average molecular weight is 389 g/mol. The molecular weight excluding hydrogens is 360 g/mol. The van der Waals surface area contributed by atoms with E-state index in [1.165, 1.54) is 10.4 Å². The second-order valence-corrected chi connectivity index (χ2v) is 18.4. The summed E-state index contributed by atoms with van der Waals surface area (Å²) in [5.41, 5.74) is 0.726. The third kappa shape index (κ3) is 6.61. The first-order valence-electron chi connectivity index (χ1n) is 8.50. The summed E-state index contributed by atoms with van der Waals surface area (Å²) in [6, 6.07) is 14.4. The van der Waals surface area contributed by atoms with E-state index in [2.05, 4.69) is 39.3 Å². The molecule has 2 aromatic rings. The van der Waals surface area contributed by atoms with Crippen LogP contribution in [0.1, 0.15) is 20.7 Å². The van der Waals surface area contributed by atoms with Crippen LogP contribution in [0.2, 0.25) is 39.3 Å². The maximum absolute atomic E-state index is 10.6. The molecule has 0 unspecified atom stereocenters. The molecule has 0 aliphatic rings. The summed E-state index contributed by atoms with van der Waals surface area (Å²) in [6.45, 7) is 13.4. The lowest BCUT2D eigenvalue weighted by Crippen LogP contribution is -2.37. The zero-order valence-electron chi connectivity index (χ0n) is 16.3. The minimum absolute atomic E-state index is 0.363. The third-order valence-corrected chi connectivity index (χ3v) is 8.13. The Hall–Kier alpha value is -2.19. The smallest absolute Gasteiger partial charge is 0.335 e. The van der Waals surface area contributed by atoms with Crippen molar-refractivity contribution in [3.8, 4) is 0 Å². The van der Waals surface area contributed by atoms with E-state index in [0.717, 1.165) is 0 Å². The molecule has 0 saturated carbocycles. The van der Waals surface area contributed by atoms with Crippen molar-refractivity contribution in [1.82, 2.24) is 0 Å². The molecule has 0 spiro atoms. The van der Waals surface area contributed by atoms with Gasteiger partial charge in [0.15, 0.2) is 0 Å². The molecule has 2 N–H and O–H groups in total. The van der Waals surface area contributed by atoms with Crippen LogP contribution in [-0.2, 0) is 0 Å². The first-order valence-corrected chi connectivity index (χ1v) is 15.5. The second kappa shape index (κ2) is 8.46. The number of hydrogen-bond donors (Lipinski definition) is 2. The average Bonchev–Trinajstić information content (AvgIpc) is 2.54. The normalized spacial score (nSPS) is 11.3. The summed E-state index contributed by atoms with van der Waals surface area (Å²) >= 11 is 0. The van der Waals surface area contributed by atoms with Gasteiger partial charge in [-0.15, -0.1) is 0 Å². The Bertz CT molecular complexity index is 685. The molecule has 0 amide bonds. The van der Waals surface area contributed by atoms with Crippen LogP contribution >= 0.6 is 0 Å². The van der Waals surface area contributed by atoms with Crippen LogP contribution in [0, 0.1) is 0 Å². The lowest BCUT2D eigenvalue weighted by Gasteiger charge is -2.16. The number of carboxylic acid groups (broad SMARTS) is 2. The van der Waals surface area contributed by atoms with Gasteiger partial charge in [-0.05, 0) is 24.3 Å². The van der Waals surface area contributed by atoms with Gasteiger partial charge in [0.05, 0.1) is 27.3 Å². The fourth-order valence-electron chi connectivity index (χ4n) is 2.23. The van der Waals surface area contributed by atoms with E-state index < -0.39 is 28.1 Å². The second-order valence-electron chi connectivity index (χ2n) is 8.27. The fraction of sp³-hybridized carbons (Fsp3) is 0.300. The molecule has 0 saturated heterocycles. The van der Waals surface area contributed by atoms with Crippen molar-refractivity contribution in [2.24, 2.45) is 0 Å². The maximum Gasteiger partial charge on any atom is 0.335 e. The van der Waals surface area contributed by atoms with Crippen LogP contribution in [0.25, 0.3) is 0 Å². The van der Waals surface area contributed by atoms with Gasteiger partial charge in [0, 0.05) is 0 Å². The van der Waals surface area contributed by atoms with E-state index in [4.69, 9.17) is 10.2 Å². The van der Waals surface area contributed by atoms with Gasteiger partial charge in [-0.3, -0.25) is 0 Å². The number of rotatable bonds is 4. The first-order chi connectivity index (χ1) is 11.8. The summed E-state index contributed by atoms with van der Waals surface area (Å²) in [5.74, 6) is -1.72. The van der Waals surface area contributed by atoms with Gasteiger partial charge >= 0.3 is 11.9 Å². The van der Waals surface area contributed by atoms with Gasteiger partial charge < -0.3 is 10.2 Å². The van der Waals surface area contributed by atoms with Gasteiger partial charge in [-0.2, -0.15) is 0 Å². The highest BCUT2D eigenvalue weighted by Crippen LogP contribution is 2.05. The topological polar surface area (TPSA) is 74.6 Å². The van der Waals surface area contributed by atoms with E-state index in [-0.39, 0.29) is 0 Å². The number of aromatic carboxylic acids is 2. The maximum atomic E-state index is 10.6. The quantitative estimate of drug-likeness (QED) is 0.780. The molecule has 2 aromatic carbocycles. The van der Waals surface area contributed by atoms with E-state index in [1.807, 2.05) is 24.3 Å². The van der Waals surface area contributed by atoms with E-state index in [1.54, 1.807) is 24.3 Å². The SMILES string of the molecule is C[Si](C)(C)c1ccc(C(=O)O)cc1.C[Si](C)(C)c1ccc(C(=O)O)cc1. The van der Waals surface area contributed by atoms with Crippen LogP contribution < -0.4 is 10.4 Å². The Balaban J connectivity index is 0.000000260. The van der Waals surface area contributed by atoms with E-state index in [0.29, 0.717) is 11.1 Å². The summed E-state index contributed by atoms with van der Waals surface area (Å²) in [5, 5.41) is 20.0. The Kier molecular flexibility index (Phi) is 7.11. The molecule has 0 aliphatic carbocycles. The number of carboxylic acids is 2. The minimum Gasteiger partial charge on any atom is -0.478 e. The molecule has 2 rings (SSSR count). The molecule has 0 heterocycles. The van der Waals surface area contributed by atoms with Gasteiger partial charge in [0.1, 0.15) is 0 Å². The van der Waals surface area contributed by atoms with Gasteiger partial charge in [-0.1, -0.05) is 73.9 Å². The predicted octanol–water partition coefficient (Wildman–Crippen LogP) is 3.86. The highest BCUT2D eigenvalue weighted by atomic mass is 28.3. The van der Waals surface area contributed by atoms with Crippen molar-refractivity contribution in [2.45, 2.75) is 39.3 Å². The van der Waals surface area contributed by atoms with E-state index in [9.17, 15) is 9.59 Å². The zero-order valence-corrected chi connectivity index (χ0v) is 18.3. The van der Waals surface area contributed by atoms with Crippen molar-refractivity contribution in [3.05, 3.63) is 59.7 Å². The minimum atomic E-state index is -1.28. The molecule has 4 nitrogen and oxygen atoms in total. The molecule has 0 aliphatic heterocycles. The Labute approximate surface area is 157 Å². The van der Waals surface area contributed by atoms with Crippen LogP contribution in [0.3, 0.4) is 0 Å². The predicted molar refractivity (Wildman–Crippen MR) is 113 cm³/mol. The van der Waals surface area contributed by atoms with Crippen molar-refractivity contribution < 1.29 is 19.8 Å². The summed E-state index contributed by atoms with van der Waals surface area (Å²) in [6.07, 6.45) is 0. The molecule has 0 fully saturated rings. The van der Waals surface area contributed by atoms with Gasteiger partial charge in [0.2, 0.25) is 0 Å². The highest BCUT2D eigenvalue weighted by Gasteiger charge is 2.17. The van der Waals surface area contributed by atoms with Gasteiger partial charge in [0.25, 0.3) is 0 Å². The Morgan fingerprint density at radius 1 is 0.577 bits per heavy atom. The Morgan fingerprint density at radius 3 is 0.962 bits per heavy atom. The lowest BCUT2D eigenvalue weighted by molar-refractivity contribution is 0.0686. The zero-order chi connectivity index (χ0) is 20.1. The lowest BCUT2D eigenvalue weighted by atomic mass is 10.2. The fourth-order valence-corrected chi connectivity index (χ4v) is 4.56. The van der Waals surface area contributed by atoms with Crippen molar-refractivity contribution in [1.29, 1.82) is 0 Å². The third-order valence-electron chi connectivity index (χ3n) is 4.00. The molecule has 0 radical (unpaired) electrons. The molecule has 26 heavy (non-hydrogen) atoms. The molecule has 0 atom stereocenters. The summed E-state index contributed by atoms with van der Waals surface area (Å²) in [7, 11) is -2.57. The van der Waals surface area contributed by atoms with Crippen LogP contribution in [-0.4, -0.2) is 38.3 Å². The van der Waals surface area contributed by atoms with E-state index >= 15 is 0 Å². The standard InChI is InChI=1S/2C10H14O2Si/c2*1-13(2,3)9-6-4-8(5-7-9)10(11)12/h2*4-7H,1-3H3,(H,11,12). The first kappa shape index (κ1) is 21.9. The largest absolute Gasteiger partial charge is 0.478 e. The Morgan fingerprint density at radius 2 is 0.808 bits per heavy atom. The number of benzene rings is 2. The van der Waals surface area contributed by atoms with Crippen molar-refractivity contribution in [2.75, 3.05) is 0 Å². The molecule has 0 bridgehead atoms. The molecule has 0 aromatic heterocycles. The molecular formula is C20H28O4Si2. The van der Waals surface area contributed by atoms with Crippen molar-refractivity contribution >= 4 is 38.5 Å². The number of carbonyl (C=O) groups is 2. The summed E-state index contributed by atoms with van der Waals surface area (Å²) in [4.78, 5) is 21.1. The highest BCUT2D eigenvalue weighted by molar-refractivity contribution is 6.89. The number of hydrogen-bond acceptors (Lipinski definition) is 2. The van der Waals surface area contributed by atoms with Crippen LogP contribution in [0.4, 0.5) is 0 Å². The summed E-state index contributed by atoms with van der Waals surface area (Å²) < 4.78 is 0. The molecule has 6 heteroatoms. The van der Waals surface area contributed by atoms with Crippen LogP contribution in [0.15, 0.2) is 48.5 Å². The van der Waals surface area contributed by atoms with Gasteiger partial charge in [-0.25, -0.2) is 9.59 Å². The monoisotopic (exact) mass is 388 g/mol. The van der Waals surface area contributed by atoms with Crippen LogP contribution in [0.5, 0.6) is 0 Å². The van der Waals surface area contributed by atoms with Crippen molar-refractivity contribution in [3.63, 3.8) is 0 Å².